The van der Waals surface area contributed by atoms with Crippen LogP contribution in [0.25, 0.3) is 0 Å². The second kappa shape index (κ2) is 8.06. The zero-order chi connectivity index (χ0) is 21.3. The number of hydrogen-bond acceptors (Lipinski definition) is 2. The van der Waals surface area contributed by atoms with Gasteiger partial charge in [-0.1, -0.05) is 48.5 Å². The van der Waals surface area contributed by atoms with Gasteiger partial charge in [0.05, 0.1) is 12.0 Å². The van der Waals surface area contributed by atoms with Crippen LogP contribution in [0, 0.1) is 11.6 Å². The topological polar surface area (TPSA) is 49.4 Å². The number of hydrogen-bond donors (Lipinski definition) is 1. The monoisotopic (exact) mass is 406 g/mol. The van der Waals surface area contributed by atoms with E-state index in [0.29, 0.717) is 11.3 Å². The van der Waals surface area contributed by atoms with E-state index in [0.717, 1.165) is 11.1 Å². The summed E-state index contributed by atoms with van der Waals surface area (Å²) < 4.78 is 27.1. The van der Waals surface area contributed by atoms with Crippen molar-refractivity contribution in [3.63, 3.8) is 0 Å². The van der Waals surface area contributed by atoms with Gasteiger partial charge in [0, 0.05) is 19.2 Å². The molecule has 4 nitrogen and oxygen atoms in total. The summed E-state index contributed by atoms with van der Waals surface area (Å²) in [6.45, 7) is 0. The number of nitrogens with zero attached hydrogens (tertiary/aromatic N) is 1. The Kier molecular flexibility index (Phi) is 5.31. The summed E-state index contributed by atoms with van der Waals surface area (Å²) in [4.78, 5) is 27.3. The third kappa shape index (κ3) is 3.81. The number of fused-ring (bicyclic) bond motifs is 1. The molecule has 6 heteroatoms. The fourth-order valence-electron chi connectivity index (χ4n) is 3.95. The molecule has 152 valence electrons. The van der Waals surface area contributed by atoms with Crippen LogP contribution in [0.3, 0.4) is 0 Å². The van der Waals surface area contributed by atoms with Crippen LogP contribution in [0.1, 0.15) is 35.1 Å². The van der Waals surface area contributed by atoms with E-state index in [-0.39, 0.29) is 24.1 Å². The van der Waals surface area contributed by atoms with Crippen molar-refractivity contribution in [3.05, 3.63) is 101 Å². The Hall–Kier alpha value is -3.54. The van der Waals surface area contributed by atoms with Crippen molar-refractivity contribution in [2.45, 2.75) is 18.4 Å². The third-order valence-electron chi connectivity index (χ3n) is 5.39. The molecule has 0 aromatic heterocycles. The van der Waals surface area contributed by atoms with Crippen LogP contribution in [-0.4, -0.2) is 23.8 Å². The summed E-state index contributed by atoms with van der Waals surface area (Å²) in [5.41, 5.74) is 2.51. The lowest BCUT2D eigenvalue weighted by atomic mass is 9.88. The molecule has 30 heavy (non-hydrogen) atoms. The first kappa shape index (κ1) is 19.8. The van der Waals surface area contributed by atoms with E-state index in [4.69, 9.17) is 0 Å². The third-order valence-corrected chi connectivity index (χ3v) is 5.39. The van der Waals surface area contributed by atoms with Crippen LogP contribution in [0.4, 0.5) is 14.5 Å². The van der Waals surface area contributed by atoms with Crippen molar-refractivity contribution in [3.8, 4) is 0 Å². The van der Waals surface area contributed by atoms with E-state index in [1.165, 1.54) is 30.3 Å². The van der Waals surface area contributed by atoms with Crippen LogP contribution in [0.5, 0.6) is 0 Å². The molecular formula is C24H20F2N2O2. The number of anilines is 1. The quantitative estimate of drug-likeness (QED) is 0.686. The molecule has 1 N–H and O–H groups in total. The van der Waals surface area contributed by atoms with Gasteiger partial charge in [0.25, 0.3) is 0 Å². The van der Waals surface area contributed by atoms with E-state index < -0.39 is 17.8 Å². The van der Waals surface area contributed by atoms with Crippen LogP contribution in [0.15, 0.2) is 72.8 Å². The van der Waals surface area contributed by atoms with Crippen molar-refractivity contribution >= 4 is 17.5 Å². The number of rotatable bonds is 4. The molecule has 3 aromatic carbocycles. The van der Waals surface area contributed by atoms with Crippen LogP contribution in [-0.2, 0) is 9.59 Å². The number of likely N-dealkylation sites (N-methyl/N-ethyl adjacent to an activating group) is 1. The second-order valence-electron chi connectivity index (χ2n) is 7.35. The predicted octanol–water partition coefficient (Wildman–Crippen LogP) is 4.64. The molecule has 0 radical (unpaired) electrons. The molecule has 0 spiro atoms. The number of nitrogens with one attached hydrogen (secondary N) is 1. The number of carbonyl (C=O) groups is 2. The Morgan fingerprint density at radius 3 is 2.30 bits per heavy atom. The molecule has 0 bridgehead atoms. The van der Waals surface area contributed by atoms with Crippen molar-refractivity contribution in [1.82, 2.24) is 4.90 Å². The molecule has 2 unspecified atom stereocenters. The van der Waals surface area contributed by atoms with Crippen molar-refractivity contribution < 1.29 is 18.4 Å². The van der Waals surface area contributed by atoms with Crippen molar-refractivity contribution in [2.24, 2.45) is 0 Å². The molecule has 0 saturated heterocycles. The molecule has 1 heterocycles. The van der Waals surface area contributed by atoms with E-state index in [2.05, 4.69) is 5.32 Å². The Morgan fingerprint density at radius 2 is 1.60 bits per heavy atom. The van der Waals surface area contributed by atoms with E-state index in [9.17, 15) is 18.4 Å². The lowest BCUT2D eigenvalue weighted by Crippen LogP contribution is -2.39. The van der Waals surface area contributed by atoms with Gasteiger partial charge in [-0.2, -0.15) is 0 Å². The summed E-state index contributed by atoms with van der Waals surface area (Å²) in [6.07, 6.45) is -0.0211. The number of halogens is 2. The first-order valence-corrected chi connectivity index (χ1v) is 9.60. The predicted molar refractivity (Wildman–Crippen MR) is 110 cm³/mol. The molecule has 0 saturated carbocycles. The van der Waals surface area contributed by atoms with E-state index >= 15 is 0 Å². The number of amides is 2. The first-order chi connectivity index (χ1) is 14.4. The number of carbonyl (C=O) groups excluding carboxylic acids is 2. The smallest absolute Gasteiger partial charge is 0.231 e. The average molecular weight is 406 g/mol. The molecule has 2 atom stereocenters. The summed E-state index contributed by atoms with van der Waals surface area (Å²) >= 11 is 0. The molecule has 3 aromatic rings. The summed E-state index contributed by atoms with van der Waals surface area (Å²) in [5, 5.41) is 2.63. The summed E-state index contributed by atoms with van der Waals surface area (Å²) in [7, 11) is 1.67. The van der Waals surface area contributed by atoms with Gasteiger partial charge in [0.2, 0.25) is 11.8 Å². The van der Waals surface area contributed by atoms with Crippen LogP contribution >= 0.6 is 0 Å². The van der Waals surface area contributed by atoms with Gasteiger partial charge in [-0.3, -0.25) is 9.59 Å². The maximum Gasteiger partial charge on any atom is 0.231 e. The highest BCUT2D eigenvalue weighted by molar-refractivity contribution is 6.01. The van der Waals surface area contributed by atoms with E-state index in [1.54, 1.807) is 24.1 Å². The fourth-order valence-corrected chi connectivity index (χ4v) is 3.95. The van der Waals surface area contributed by atoms with E-state index in [1.807, 2.05) is 30.3 Å². The Morgan fingerprint density at radius 1 is 0.967 bits per heavy atom. The van der Waals surface area contributed by atoms with Crippen LogP contribution in [0.2, 0.25) is 0 Å². The average Bonchev–Trinajstić information content (AvgIpc) is 2.74. The zero-order valence-corrected chi connectivity index (χ0v) is 16.3. The highest BCUT2D eigenvalue weighted by Crippen LogP contribution is 2.37. The van der Waals surface area contributed by atoms with Gasteiger partial charge in [0.1, 0.15) is 11.6 Å². The molecule has 2 amide bonds. The van der Waals surface area contributed by atoms with Crippen molar-refractivity contribution in [2.75, 3.05) is 12.4 Å². The van der Waals surface area contributed by atoms with Gasteiger partial charge in [0.15, 0.2) is 0 Å². The fraction of sp³-hybridized carbons (Fsp3) is 0.167. The lowest BCUT2D eigenvalue weighted by molar-refractivity contribution is -0.135. The second-order valence-corrected chi connectivity index (χ2v) is 7.35. The molecular weight excluding hydrogens is 386 g/mol. The first-order valence-electron chi connectivity index (χ1n) is 9.60. The highest BCUT2D eigenvalue weighted by Gasteiger charge is 2.35. The van der Waals surface area contributed by atoms with Crippen LogP contribution < -0.4 is 5.32 Å². The Balaban J connectivity index is 1.73. The van der Waals surface area contributed by atoms with Gasteiger partial charge in [-0.05, 0) is 41.0 Å². The van der Waals surface area contributed by atoms with Gasteiger partial charge < -0.3 is 10.2 Å². The maximum atomic E-state index is 13.6. The maximum absolute atomic E-state index is 13.6. The molecule has 0 aliphatic carbocycles. The Bertz CT molecular complexity index is 1080. The largest absolute Gasteiger partial charge is 0.334 e. The lowest BCUT2D eigenvalue weighted by Gasteiger charge is -2.34. The van der Waals surface area contributed by atoms with Gasteiger partial charge in [-0.25, -0.2) is 8.78 Å². The minimum Gasteiger partial charge on any atom is -0.334 e. The molecule has 1 aliphatic rings. The normalized spacial score (nSPS) is 16.4. The van der Waals surface area contributed by atoms with Crippen molar-refractivity contribution in [1.29, 1.82) is 0 Å². The number of benzene rings is 3. The molecule has 0 fully saturated rings. The summed E-state index contributed by atoms with van der Waals surface area (Å²) in [6, 6.07) is 19.0. The zero-order valence-electron chi connectivity index (χ0n) is 16.3. The van der Waals surface area contributed by atoms with Gasteiger partial charge in [-0.15, -0.1) is 0 Å². The minimum atomic E-state index is -0.731. The van der Waals surface area contributed by atoms with Gasteiger partial charge >= 0.3 is 0 Å². The minimum absolute atomic E-state index is 0.0211. The molecule has 4 rings (SSSR count). The highest BCUT2D eigenvalue weighted by atomic mass is 19.1. The SMILES string of the molecule is CN(C(=O)C1CC(=O)Nc2cc(F)ccc21)C(c1ccccc1)c1ccc(F)cc1. The summed E-state index contributed by atoms with van der Waals surface area (Å²) in [5.74, 6) is -2.18. The standard InChI is InChI=1S/C24H20F2N2O2/c1-28(23(15-5-3-2-4-6-15)16-7-9-17(25)10-8-16)24(30)20-14-22(29)27-21-13-18(26)11-12-19(20)21/h2-13,20,23H,14H2,1H3,(H,27,29). The molecule has 1 aliphatic heterocycles. The Labute approximate surface area is 173 Å².